The zero-order valence-electron chi connectivity index (χ0n) is 13.9. The van der Waals surface area contributed by atoms with Gasteiger partial charge in [-0.25, -0.2) is 0 Å². The highest BCUT2D eigenvalue weighted by atomic mass is 16.5. The summed E-state index contributed by atoms with van der Waals surface area (Å²) in [6.07, 6.45) is 3.51. The quantitative estimate of drug-likeness (QED) is 0.590. The number of benzene rings is 1. The highest BCUT2D eigenvalue weighted by Gasteiger charge is 2.02. The van der Waals surface area contributed by atoms with E-state index in [2.05, 4.69) is 38.2 Å². The summed E-state index contributed by atoms with van der Waals surface area (Å²) in [5, 5.41) is 3.41. The Balaban J connectivity index is 2.19. The van der Waals surface area contributed by atoms with Gasteiger partial charge in [-0.15, -0.1) is 0 Å². The van der Waals surface area contributed by atoms with Gasteiger partial charge in [-0.2, -0.15) is 0 Å². The molecule has 21 heavy (non-hydrogen) atoms. The molecule has 0 atom stereocenters. The molecule has 0 aliphatic rings. The molecule has 0 heterocycles. The summed E-state index contributed by atoms with van der Waals surface area (Å²) in [7, 11) is 0. The Labute approximate surface area is 130 Å². The molecular weight excluding hydrogens is 262 g/mol. The Morgan fingerprint density at radius 2 is 1.90 bits per heavy atom. The van der Waals surface area contributed by atoms with E-state index in [1.54, 1.807) is 0 Å². The first kappa shape index (κ1) is 18.0. The van der Waals surface area contributed by atoms with Gasteiger partial charge >= 0.3 is 0 Å². The van der Waals surface area contributed by atoms with Crippen LogP contribution in [0.4, 0.5) is 0 Å². The molecule has 0 bridgehead atoms. The maximum atomic E-state index is 5.83. The number of rotatable bonds is 12. The minimum Gasteiger partial charge on any atom is -0.491 e. The normalized spacial score (nSPS) is 11.0. The molecule has 0 unspecified atom stereocenters. The highest BCUT2D eigenvalue weighted by molar-refractivity contribution is 5.33. The lowest BCUT2D eigenvalue weighted by molar-refractivity contribution is 0.0954. The minimum absolute atomic E-state index is 0.618. The van der Waals surface area contributed by atoms with Crippen molar-refractivity contribution in [2.75, 3.05) is 26.4 Å². The first-order valence-electron chi connectivity index (χ1n) is 8.23. The van der Waals surface area contributed by atoms with Crippen LogP contribution in [0.2, 0.25) is 0 Å². The summed E-state index contributed by atoms with van der Waals surface area (Å²) in [6.45, 7) is 10.7. The first-order chi connectivity index (χ1) is 10.2. The van der Waals surface area contributed by atoms with Gasteiger partial charge in [0.05, 0.1) is 6.61 Å². The number of ether oxygens (including phenoxy) is 2. The van der Waals surface area contributed by atoms with E-state index in [0.29, 0.717) is 13.2 Å². The fourth-order valence-electron chi connectivity index (χ4n) is 2.10. The van der Waals surface area contributed by atoms with Crippen molar-refractivity contribution in [1.29, 1.82) is 0 Å². The van der Waals surface area contributed by atoms with Gasteiger partial charge in [0.15, 0.2) is 0 Å². The van der Waals surface area contributed by atoms with Crippen molar-refractivity contribution in [3.8, 4) is 5.75 Å². The van der Waals surface area contributed by atoms with Crippen LogP contribution >= 0.6 is 0 Å². The Hall–Kier alpha value is -1.06. The molecule has 0 saturated carbocycles. The summed E-state index contributed by atoms with van der Waals surface area (Å²) < 4.78 is 11.4. The second-order valence-electron chi connectivity index (χ2n) is 5.78. The van der Waals surface area contributed by atoms with Gasteiger partial charge in [-0.3, -0.25) is 0 Å². The second-order valence-corrected chi connectivity index (χ2v) is 5.78. The Morgan fingerprint density at radius 1 is 1.10 bits per heavy atom. The van der Waals surface area contributed by atoms with E-state index in [1.807, 2.05) is 12.1 Å². The van der Waals surface area contributed by atoms with Gasteiger partial charge in [-0.1, -0.05) is 39.0 Å². The number of hydrogen-bond donors (Lipinski definition) is 1. The zero-order valence-corrected chi connectivity index (χ0v) is 13.9. The maximum Gasteiger partial charge on any atom is 0.123 e. The lowest BCUT2D eigenvalue weighted by Crippen LogP contribution is -2.15. The Kier molecular flexibility index (Phi) is 9.92. The molecule has 1 aromatic carbocycles. The molecule has 0 amide bonds. The molecule has 120 valence electrons. The summed E-state index contributed by atoms with van der Waals surface area (Å²) in [4.78, 5) is 0. The summed E-state index contributed by atoms with van der Waals surface area (Å²) in [5.41, 5.74) is 1.21. The third-order valence-electron chi connectivity index (χ3n) is 3.27. The molecular formula is C18H31NO2. The number of nitrogens with one attached hydrogen (secondary N) is 1. The maximum absolute atomic E-state index is 5.83. The van der Waals surface area contributed by atoms with Gasteiger partial charge in [0, 0.05) is 18.7 Å². The number of hydrogen-bond acceptors (Lipinski definition) is 3. The van der Waals surface area contributed by atoms with Crippen LogP contribution in [-0.4, -0.2) is 26.4 Å². The van der Waals surface area contributed by atoms with Crippen molar-refractivity contribution in [2.45, 2.75) is 46.6 Å². The van der Waals surface area contributed by atoms with Gasteiger partial charge in [0.2, 0.25) is 0 Å². The predicted molar refractivity (Wildman–Crippen MR) is 88.8 cm³/mol. The van der Waals surface area contributed by atoms with Gasteiger partial charge < -0.3 is 14.8 Å². The van der Waals surface area contributed by atoms with Gasteiger partial charge in [0.1, 0.15) is 12.4 Å². The van der Waals surface area contributed by atoms with Crippen LogP contribution in [0.5, 0.6) is 5.75 Å². The van der Waals surface area contributed by atoms with E-state index in [0.717, 1.165) is 44.2 Å². The molecule has 0 fully saturated rings. The topological polar surface area (TPSA) is 30.5 Å². The van der Waals surface area contributed by atoms with Gasteiger partial charge in [-0.05, 0) is 37.8 Å². The average molecular weight is 293 g/mol. The summed E-state index contributed by atoms with van der Waals surface area (Å²) in [5.74, 6) is 1.72. The van der Waals surface area contributed by atoms with Crippen molar-refractivity contribution >= 4 is 0 Å². The van der Waals surface area contributed by atoms with Gasteiger partial charge in [0.25, 0.3) is 0 Å². The molecule has 0 radical (unpaired) electrons. The minimum atomic E-state index is 0.618. The Morgan fingerprint density at radius 3 is 2.67 bits per heavy atom. The Bertz CT molecular complexity index is 366. The monoisotopic (exact) mass is 293 g/mol. The van der Waals surface area contributed by atoms with Crippen LogP contribution in [-0.2, 0) is 11.3 Å². The van der Waals surface area contributed by atoms with E-state index in [9.17, 15) is 0 Å². The van der Waals surface area contributed by atoms with Crippen LogP contribution in [0.15, 0.2) is 24.3 Å². The fraction of sp³-hybridized carbons (Fsp3) is 0.667. The molecule has 0 saturated heterocycles. The largest absolute Gasteiger partial charge is 0.491 e. The summed E-state index contributed by atoms with van der Waals surface area (Å²) in [6, 6.07) is 8.21. The van der Waals surface area contributed by atoms with Crippen LogP contribution in [0.1, 0.15) is 45.6 Å². The van der Waals surface area contributed by atoms with Crippen LogP contribution in [0.3, 0.4) is 0 Å². The first-order valence-corrected chi connectivity index (χ1v) is 8.23. The lowest BCUT2D eigenvalue weighted by Gasteiger charge is -2.12. The van der Waals surface area contributed by atoms with Crippen molar-refractivity contribution in [1.82, 2.24) is 5.32 Å². The SMILES string of the molecule is CCCNCc1ccccc1OCCOCCCC(C)C. The van der Waals surface area contributed by atoms with Crippen LogP contribution in [0.25, 0.3) is 0 Å². The predicted octanol–water partition coefficient (Wildman–Crippen LogP) is 4.02. The molecule has 0 spiro atoms. The highest BCUT2D eigenvalue weighted by Crippen LogP contribution is 2.17. The van der Waals surface area contributed by atoms with Crippen molar-refractivity contribution in [3.05, 3.63) is 29.8 Å². The van der Waals surface area contributed by atoms with E-state index in [4.69, 9.17) is 9.47 Å². The molecule has 1 rings (SSSR count). The fourth-order valence-corrected chi connectivity index (χ4v) is 2.10. The molecule has 1 aromatic rings. The summed E-state index contributed by atoms with van der Waals surface area (Å²) >= 11 is 0. The number of para-hydroxylation sites is 1. The van der Waals surface area contributed by atoms with E-state index >= 15 is 0 Å². The molecule has 3 heteroatoms. The lowest BCUT2D eigenvalue weighted by atomic mass is 10.1. The average Bonchev–Trinajstić information content (AvgIpc) is 2.47. The van der Waals surface area contributed by atoms with Crippen LogP contribution < -0.4 is 10.1 Å². The third-order valence-corrected chi connectivity index (χ3v) is 3.27. The second kappa shape index (κ2) is 11.6. The van der Waals surface area contributed by atoms with Crippen LogP contribution in [0, 0.1) is 5.92 Å². The van der Waals surface area contributed by atoms with Crippen molar-refractivity contribution in [2.24, 2.45) is 5.92 Å². The molecule has 0 aromatic heterocycles. The molecule has 3 nitrogen and oxygen atoms in total. The molecule has 0 aliphatic heterocycles. The van der Waals surface area contributed by atoms with E-state index in [1.165, 1.54) is 12.0 Å². The van der Waals surface area contributed by atoms with E-state index in [-0.39, 0.29) is 0 Å². The van der Waals surface area contributed by atoms with E-state index < -0.39 is 0 Å². The molecule has 0 aliphatic carbocycles. The zero-order chi connectivity index (χ0) is 15.3. The third kappa shape index (κ3) is 8.74. The standard InChI is InChI=1S/C18H31NO2/c1-4-11-19-15-17-9-5-6-10-18(17)21-14-13-20-12-7-8-16(2)3/h5-6,9-10,16,19H,4,7-8,11-15H2,1-3H3. The molecule has 1 N–H and O–H groups in total. The smallest absolute Gasteiger partial charge is 0.123 e. The van der Waals surface area contributed by atoms with Crippen molar-refractivity contribution < 1.29 is 9.47 Å². The van der Waals surface area contributed by atoms with Crippen molar-refractivity contribution in [3.63, 3.8) is 0 Å².